The van der Waals surface area contributed by atoms with Crippen LogP contribution >= 0.6 is 0 Å². The molecule has 0 saturated heterocycles. The lowest BCUT2D eigenvalue weighted by atomic mass is 9.39. The molecule has 2 N–H and O–H groups in total. The lowest BCUT2D eigenvalue weighted by Crippen LogP contribution is -2.78. The Morgan fingerprint density at radius 2 is 1.55 bits per heavy atom. The van der Waals surface area contributed by atoms with Gasteiger partial charge in [0.15, 0.2) is 0 Å². The Bertz CT molecular complexity index is 1190. The fourth-order valence-electron chi connectivity index (χ4n) is 4.81. The van der Waals surface area contributed by atoms with Gasteiger partial charge in [0.1, 0.15) is 0 Å². The number of benzene rings is 2. The predicted molar refractivity (Wildman–Crippen MR) is 120 cm³/mol. The molecule has 0 heterocycles. The van der Waals surface area contributed by atoms with Gasteiger partial charge in [-0.1, -0.05) is 39.0 Å². The van der Waals surface area contributed by atoms with E-state index in [9.17, 15) is 26.4 Å². The Hall–Kier alpha value is -2.55. The van der Waals surface area contributed by atoms with Crippen molar-refractivity contribution < 1.29 is 26.4 Å². The number of amides is 1. The van der Waals surface area contributed by atoms with Gasteiger partial charge >= 0.3 is 6.18 Å². The topological polar surface area (TPSA) is 75.3 Å². The zero-order chi connectivity index (χ0) is 24.4. The van der Waals surface area contributed by atoms with Crippen LogP contribution in [0.3, 0.4) is 0 Å². The fraction of sp³-hybridized carbons (Fsp3) is 0.458. The van der Waals surface area contributed by atoms with Gasteiger partial charge in [0.05, 0.1) is 21.6 Å². The van der Waals surface area contributed by atoms with Crippen LogP contribution in [0.4, 0.5) is 18.9 Å². The summed E-state index contributed by atoms with van der Waals surface area (Å²) in [6.07, 6.45) is -4.68. The Labute approximate surface area is 191 Å². The van der Waals surface area contributed by atoms with Crippen LogP contribution in [0.1, 0.15) is 61.5 Å². The summed E-state index contributed by atoms with van der Waals surface area (Å²) in [6, 6.07) is 11.2. The van der Waals surface area contributed by atoms with E-state index >= 15 is 0 Å². The minimum absolute atomic E-state index is 0.0508. The van der Waals surface area contributed by atoms with Crippen molar-refractivity contribution in [2.75, 3.05) is 4.72 Å². The quantitative estimate of drug-likeness (QED) is 0.609. The standard InChI is InChI=1S/C24H27F3N2O3S/c1-15-5-10-18(20(30)28-23-12-22(13-23,14-23)24(25,26)27)19(11-15)29-33(31,32)17-8-6-16(7-9-17)21(2,3)4/h5-11,29H,12-14H2,1-4H3,(H,28,30). The molecule has 5 rings (SSSR count). The van der Waals surface area contributed by atoms with Crippen molar-refractivity contribution in [1.82, 2.24) is 5.32 Å². The number of alkyl halides is 3. The molecule has 0 aliphatic heterocycles. The maximum atomic E-state index is 13.1. The number of sulfonamides is 1. The first-order chi connectivity index (χ1) is 15.1. The van der Waals surface area contributed by atoms with E-state index < -0.39 is 33.1 Å². The van der Waals surface area contributed by atoms with Crippen molar-refractivity contribution in [2.24, 2.45) is 5.41 Å². The molecule has 5 nitrogen and oxygen atoms in total. The average molecular weight is 481 g/mol. The summed E-state index contributed by atoms with van der Waals surface area (Å²) < 4.78 is 67.8. The minimum atomic E-state index is -4.27. The summed E-state index contributed by atoms with van der Waals surface area (Å²) in [7, 11) is -3.98. The van der Waals surface area contributed by atoms with E-state index in [1.54, 1.807) is 25.1 Å². The monoisotopic (exact) mass is 480 g/mol. The molecule has 9 heteroatoms. The average Bonchev–Trinajstić information content (AvgIpc) is 2.61. The largest absolute Gasteiger partial charge is 0.394 e. The number of carbonyl (C=O) groups excluding carboxylic acids is 1. The van der Waals surface area contributed by atoms with Gasteiger partial charge in [-0.3, -0.25) is 9.52 Å². The summed E-state index contributed by atoms with van der Waals surface area (Å²) in [4.78, 5) is 13.0. The molecule has 33 heavy (non-hydrogen) atoms. The van der Waals surface area contributed by atoms with Crippen molar-refractivity contribution >= 4 is 21.6 Å². The first-order valence-corrected chi connectivity index (χ1v) is 12.2. The van der Waals surface area contributed by atoms with E-state index in [1.165, 1.54) is 24.3 Å². The maximum Gasteiger partial charge on any atom is 0.394 e. The summed E-state index contributed by atoms with van der Waals surface area (Å²) in [5.41, 5.74) is -0.816. The van der Waals surface area contributed by atoms with Crippen molar-refractivity contribution in [2.45, 2.75) is 69.0 Å². The maximum absolute atomic E-state index is 13.1. The Balaban J connectivity index is 1.54. The van der Waals surface area contributed by atoms with Gasteiger partial charge in [-0.15, -0.1) is 0 Å². The Kier molecular flexibility index (Phi) is 5.17. The van der Waals surface area contributed by atoms with E-state index in [1.807, 2.05) is 20.8 Å². The first-order valence-electron chi connectivity index (χ1n) is 10.7. The molecule has 3 aliphatic carbocycles. The summed E-state index contributed by atoms with van der Waals surface area (Å²) in [5, 5.41) is 2.71. The van der Waals surface area contributed by atoms with Crippen LogP contribution in [-0.2, 0) is 15.4 Å². The molecule has 0 spiro atoms. The molecule has 3 saturated carbocycles. The molecule has 3 aliphatic rings. The van der Waals surface area contributed by atoms with Crippen molar-refractivity contribution in [3.8, 4) is 0 Å². The number of halogens is 3. The lowest BCUT2D eigenvalue weighted by Gasteiger charge is -2.70. The molecule has 2 aromatic carbocycles. The molecule has 2 aromatic rings. The summed E-state index contributed by atoms with van der Waals surface area (Å²) in [6.45, 7) is 7.82. The number of carbonyl (C=O) groups is 1. The van der Waals surface area contributed by atoms with Crippen LogP contribution < -0.4 is 10.0 Å². The molecule has 1 amide bonds. The zero-order valence-corrected chi connectivity index (χ0v) is 19.7. The molecule has 0 radical (unpaired) electrons. The highest BCUT2D eigenvalue weighted by Gasteiger charge is 2.79. The van der Waals surface area contributed by atoms with Crippen molar-refractivity contribution in [1.29, 1.82) is 0 Å². The van der Waals surface area contributed by atoms with Crippen LogP contribution in [0.25, 0.3) is 0 Å². The molecule has 3 fully saturated rings. The fourth-order valence-corrected chi connectivity index (χ4v) is 5.88. The van der Waals surface area contributed by atoms with Gasteiger partial charge in [0.25, 0.3) is 15.9 Å². The third-order valence-electron chi connectivity index (χ3n) is 6.71. The Morgan fingerprint density at radius 1 is 0.970 bits per heavy atom. The smallest absolute Gasteiger partial charge is 0.346 e. The molecule has 0 aromatic heterocycles. The van der Waals surface area contributed by atoms with Gasteiger partial charge in [0, 0.05) is 5.54 Å². The number of hydrogen-bond acceptors (Lipinski definition) is 3. The lowest BCUT2D eigenvalue weighted by molar-refractivity contribution is -0.336. The van der Waals surface area contributed by atoms with E-state index in [4.69, 9.17) is 0 Å². The number of rotatable bonds is 5. The highest BCUT2D eigenvalue weighted by atomic mass is 32.2. The van der Waals surface area contributed by atoms with Crippen LogP contribution in [0, 0.1) is 12.3 Å². The third kappa shape index (κ3) is 4.11. The van der Waals surface area contributed by atoms with Crippen LogP contribution in [0.5, 0.6) is 0 Å². The summed E-state index contributed by atoms with van der Waals surface area (Å²) >= 11 is 0. The predicted octanol–water partition coefficient (Wildman–Crippen LogP) is 5.31. The zero-order valence-electron chi connectivity index (χ0n) is 18.9. The van der Waals surface area contributed by atoms with Crippen LogP contribution in [-0.4, -0.2) is 26.0 Å². The highest BCUT2D eigenvalue weighted by molar-refractivity contribution is 7.92. The molecule has 178 valence electrons. The van der Waals surface area contributed by atoms with Gasteiger partial charge in [-0.25, -0.2) is 8.42 Å². The van der Waals surface area contributed by atoms with Gasteiger partial charge in [-0.2, -0.15) is 13.2 Å². The second-order valence-electron chi connectivity index (χ2n) is 10.5. The van der Waals surface area contributed by atoms with Crippen LogP contribution in [0.2, 0.25) is 0 Å². The normalized spacial score (nSPS) is 24.5. The van der Waals surface area contributed by atoms with Crippen molar-refractivity contribution in [3.63, 3.8) is 0 Å². The van der Waals surface area contributed by atoms with E-state index in [2.05, 4.69) is 10.0 Å². The SMILES string of the molecule is Cc1ccc(C(=O)NC23CC(C(F)(F)F)(C2)C3)c(NS(=O)(=O)c2ccc(C(C)(C)C)cc2)c1. The minimum Gasteiger partial charge on any atom is -0.346 e. The van der Waals surface area contributed by atoms with E-state index in [0.717, 1.165) is 11.1 Å². The third-order valence-corrected chi connectivity index (χ3v) is 8.09. The number of nitrogens with one attached hydrogen (secondary N) is 2. The van der Waals surface area contributed by atoms with Gasteiger partial charge in [0.2, 0.25) is 0 Å². The first kappa shape index (κ1) is 23.6. The van der Waals surface area contributed by atoms with Gasteiger partial charge < -0.3 is 5.32 Å². The van der Waals surface area contributed by atoms with Gasteiger partial charge in [-0.05, 0) is 67.0 Å². The van der Waals surface area contributed by atoms with Crippen LogP contribution in [0.15, 0.2) is 47.4 Å². The summed E-state index contributed by atoms with van der Waals surface area (Å²) in [5.74, 6) is -0.591. The number of anilines is 1. The molecular weight excluding hydrogens is 453 g/mol. The van der Waals surface area contributed by atoms with Crippen molar-refractivity contribution in [3.05, 3.63) is 59.2 Å². The van der Waals surface area contributed by atoms with E-state index in [0.29, 0.717) is 0 Å². The molecule has 0 atom stereocenters. The Morgan fingerprint density at radius 3 is 2.06 bits per heavy atom. The molecule has 2 bridgehead atoms. The number of hydrogen-bond donors (Lipinski definition) is 2. The second-order valence-corrected chi connectivity index (χ2v) is 12.2. The molecular formula is C24H27F3N2O3S. The number of aryl methyl sites for hydroxylation is 1. The van der Waals surface area contributed by atoms with E-state index in [-0.39, 0.29) is 40.8 Å². The second kappa shape index (κ2) is 7.22. The molecule has 0 unspecified atom stereocenters. The highest BCUT2D eigenvalue weighted by Crippen LogP contribution is 2.73.